The maximum atomic E-state index is 14.3. The Bertz CT molecular complexity index is 962. The van der Waals surface area contributed by atoms with Crippen LogP contribution in [0.1, 0.15) is 24.5 Å². The van der Waals surface area contributed by atoms with Crippen molar-refractivity contribution < 1.29 is 13.2 Å². The van der Waals surface area contributed by atoms with Gasteiger partial charge in [-0.2, -0.15) is 5.26 Å². The molecular weight excluding hydrogens is 335 g/mol. The van der Waals surface area contributed by atoms with E-state index in [1.807, 2.05) is 13.0 Å². The third-order valence-corrected chi connectivity index (χ3v) is 4.26. The van der Waals surface area contributed by atoms with Crippen LogP contribution in [0, 0.1) is 28.8 Å². The summed E-state index contributed by atoms with van der Waals surface area (Å²) in [5, 5.41) is 8.74. The minimum Gasteiger partial charge on any atom is -0.206 e. The van der Waals surface area contributed by atoms with Crippen molar-refractivity contribution in [1.29, 1.82) is 5.26 Å². The molecule has 3 rings (SSSR count). The molecule has 0 amide bonds. The summed E-state index contributed by atoms with van der Waals surface area (Å²) >= 11 is 0. The first kappa shape index (κ1) is 17.8. The molecule has 0 aromatic heterocycles. The molecule has 3 aromatic carbocycles. The van der Waals surface area contributed by atoms with E-state index in [0.717, 1.165) is 30.5 Å². The Morgan fingerprint density at radius 3 is 1.92 bits per heavy atom. The number of nitrogens with zero attached hydrogens (tertiary/aromatic N) is 1. The topological polar surface area (TPSA) is 23.8 Å². The van der Waals surface area contributed by atoms with Gasteiger partial charge >= 0.3 is 0 Å². The monoisotopic (exact) mass is 351 g/mol. The molecule has 0 fully saturated rings. The van der Waals surface area contributed by atoms with Crippen LogP contribution in [0.15, 0.2) is 54.6 Å². The Morgan fingerprint density at radius 1 is 0.769 bits per heavy atom. The molecule has 0 bridgehead atoms. The largest absolute Gasteiger partial charge is 0.206 e. The highest BCUT2D eigenvalue weighted by Crippen LogP contribution is 2.29. The van der Waals surface area contributed by atoms with E-state index in [1.165, 1.54) is 12.1 Å². The van der Waals surface area contributed by atoms with Crippen molar-refractivity contribution in [3.05, 3.63) is 83.2 Å². The Kier molecular flexibility index (Phi) is 5.09. The maximum Gasteiger partial charge on any atom is 0.144 e. The highest BCUT2D eigenvalue weighted by Gasteiger charge is 2.12. The summed E-state index contributed by atoms with van der Waals surface area (Å²) in [5.41, 5.74) is 2.43. The Labute approximate surface area is 150 Å². The molecule has 0 saturated heterocycles. The molecule has 0 N–H and O–H groups in total. The minimum absolute atomic E-state index is 0.292. The van der Waals surface area contributed by atoms with Crippen LogP contribution in [0.25, 0.3) is 22.3 Å². The van der Waals surface area contributed by atoms with E-state index in [9.17, 15) is 13.2 Å². The lowest BCUT2D eigenvalue weighted by Gasteiger charge is -2.08. The summed E-state index contributed by atoms with van der Waals surface area (Å²) in [4.78, 5) is 0. The van der Waals surface area contributed by atoms with Gasteiger partial charge in [-0.15, -0.1) is 0 Å². The van der Waals surface area contributed by atoms with Gasteiger partial charge in [0.25, 0.3) is 0 Å². The summed E-state index contributed by atoms with van der Waals surface area (Å²) < 4.78 is 41.9. The quantitative estimate of drug-likeness (QED) is 0.544. The van der Waals surface area contributed by atoms with Gasteiger partial charge in [0.05, 0.1) is 0 Å². The average molecular weight is 351 g/mol. The lowest BCUT2D eigenvalue weighted by atomic mass is 9.98. The normalized spacial score (nSPS) is 10.6. The first-order valence-electron chi connectivity index (χ1n) is 8.32. The molecule has 0 atom stereocenters. The third-order valence-electron chi connectivity index (χ3n) is 4.26. The van der Waals surface area contributed by atoms with E-state index in [-0.39, 0.29) is 5.82 Å². The Hall–Kier alpha value is -3.06. The second-order valence-corrected chi connectivity index (χ2v) is 6.07. The van der Waals surface area contributed by atoms with Gasteiger partial charge in [0.2, 0.25) is 0 Å². The SMILES string of the molecule is CCCc1ccc(-c2ccc(-c3cc(F)c(C#N)c(F)c3)cc2)c(F)c1. The molecule has 0 saturated carbocycles. The number of hydrogen-bond acceptors (Lipinski definition) is 1. The molecule has 26 heavy (non-hydrogen) atoms. The molecule has 4 heteroatoms. The van der Waals surface area contributed by atoms with Gasteiger partial charge in [0.1, 0.15) is 29.1 Å². The van der Waals surface area contributed by atoms with E-state index >= 15 is 0 Å². The highest BCUT2D eigenvalue weighted by atomic mass is 19.1. The molecule has 0 aliphatic heterocycles. The molecule has 0 spiro atoms. The van der Waals surface area contributed by atoms with Crippen molar-refractivity contribution in [3.63, 3.8) is 0 Å². The number of nitriles is 1. The van der Waals surface area contributed by atoms with E-state index < -0.39 is 17.2 Å². The number of halogens is 3. The summed E-state index contributed by atoms with van der Waals surface area (Å²) in [5.74, 6) is -2.09. The van der Waals surface area contributed by atoms with Gasteiger partial charge in [-0.1, -0.05) is 49.7 Å². The fourth-order valence-corrected chi connectivity index (χ4v) is 2.93. The van der Waals surface area contributed by atoms with Crippen LogP contribution in [0.3, 0.4) is 0 Å². The van der Waals surface area contributed by atoms with Crippen molar-refractivity contribution in [1.82, 2.24) is 0 Å². The lowest BCUT2D eigenvalue weighted by Crippen LogP contribution is -1.92. The Balaban J connectivity index is 1.93. The predicted octanol–water partition coefficient (Wildman–Crippen LogP) is 6.26. The van der Waals surface area contributed by atoms with Crippen LogP contribution in [0.4, 0.5) is 13.2 Å². The van der Waals surface area contributed by atoms with E-state index in [0.29, 0.717) is 22.3 Å². The molecule has 0 aliphatic carbocycles. The van der Waals surface area contributed by atoms with Crippen molar-refractivity contribution in [2.45, 2.75) is 19.8 Å². The zero-order chi connectivity index (χ0) is 18.7. The van der Waals surface area contributed by atoms with Gasteiger partial charge in [0, 0.05) is 5.56 Å². The van der Waals surface area contributed by atoms with Crippen LogP contribution in [-0.2, 0) is 6.42 Å². The van der Waals surface area contributed by atoms with Crippen molar-refractivity contribution >= 4 is 0 Å². The van der Waals surface area contributed by atoms with E-state index in [2.05, 4.69) is 0 Å². The zero-order valence-corrected chi connectivity index (χ0v) is 14.2. The van der Waals surface area contributed by atoms with E-state index in [4.69, 9.17) is 5.26 Å². The lowest BCUT2D eigenvalue weighted by molar-refractivity contribution is 0.577. The first-order chi connectivity index (χ1) is 12.5. The summed E-state index contributed by atoms with van der Waals surface area (Å²) in [6.45, 7) is 2.04. The van der Waals surface area contributed by atoms with Crippen molar-refractivity contribution in [3.8, 4) is 28.3 Å². The molecule has 0 unspecified atom stereocenters. The summed E-state index contributed by atoms with van der Waals surface area (Å²) in [6.07, 6.45) is 1.77. The molecule has 0 radical (unpaired) electrons. The van der Waals surface area contributed by atoms with Crippen molar-refractivity contribution in [2.75, 3.05) is 0 Å². The Morgan fingerprint density at radius 2 is 1.38 bits per heavy atom. The van der Waals surface area contributed by atoms with Crippen LogP contribution < -0.4 is 0 Å². The molecule has 130 valence electrons. The average Bonchev–Trinajstić information content (AvgIpc) is 2.62. The number of rotatable bonds is 4. The first-order valence-corrected chi connectivity index (χ1v) is 8.32. The van der Waals surface area contributed by atoms with Crippen LogP contribution in [0.5, 0.6) is 0 Å². The molecule has 0 heterocycles. The third kappa shape index (κ3) is 3.48. The summed E-state index contributed by atoms with van der Waals surface area (Å²) in [6, 6.07) is 15.7. The maximum absolute atomic E-state index is 14.3. The predicted molar refractivity (Wildman–Crippen MR) is 95.9 cm³/mol. The second kappa shape index (κ2) is 7.45. The van der Waals surface area contributed by atoms with Gasteiger partial charge < -0.3 is 0 Å². The highest BCUT2D eigenvalue weighted by molar-refractivity contribution is 5.71. The zero-order valence-electron chi connectivity index (χ0n) is 14.2. The van der Waals surface area contributed by atoms with Crippen LogP contribution in [0.2, 0.25) is 0 Å². The van der Waals surface area contributed by atoms with Gasteiger partial charge in [0.15, 0.2) is 0 Å². The number of benzene rings is 3. The smallest absolute Gasteiger partial charge is 0.144 e. The minimum atomic E-state index is -0.899. The fraction of sp³-hybridized carbons (Fsp3) is 0.136. The standard InChI is InChI=1S/C22H16F3N/c1-2-3-14-4-9-18(20(23)10-14)16-7-5-15(6-8-16)17-11-21(24)19(13-26)22(25)12-17/h4-12H,2-3H2,1H3. The molecule has 0 aliphatic rings. The van der Waals surface area contributed by atoms with Crippen LogP contribution >= 0.6 is 0 Å². The second-order valence-electron chi connectivity index (χ2n) is 6.07. The fourth-order valence-electron chi connectivity index (χ4n) is 2.93. The molecule has 1 nitrogen and oxygen atoms in total. The van der Waals surface area contributed by atoms with Gasteiger partial charge in [-0.05, 0) is 46.9 Å². The van der Waals surface area contributed by atoms with Crippen molar-refractivity contribution in [2.24, 2.45) is 0 Å². The summed E-state index contributed by atoms with van der Waals surface area (Å²) in [7, 11) is 0. The molecular formula is C22H16F3N. The number of aryl methyl sites for hydroxylation is 1. The van der Waals surface area contributed by atoms with Gasteiger partial charge in [-0.25, -0.2) is 13.2 Å². The van der Waals surface area contributed by atoms with Crippen LogP contribution in [-0.4, -0.2) is 0 Å². The van der Waals surface area contributed by atoms with Gasteiger partial charge in [-0.3, -0.25) is 0 Å². The number of hydrogen-bond donors (Lipinski definition) is 0. The van der Waals surface area contributed by atoms with E-state index in [1.54, 1.807) is 30.3 Å². The molecule has 3 aromatic rings.